The van der Waals surface area contributed by atoms with E-state index in [0.717, 1.165) is 19.4 Å². The smallest absolute Gasteiger partial charge is 0.125 e. The monoisotopic (exact) mass is 339 g/mol. The second-order valence-electron chi connectivity index (χ2n) is 8.28. The molecule has 0 unspecified atom stereocenters. The Labute approximate surface area is 153 Å². The van der Waals surface area contributed by atoms with Crippen LogP contribution < -0.4 is 0 Å². The van der Waals surface area contributed by atoms with Gasteiger partial charge in [0, 0.05) is 29.5 Å². The molecule has 1 aliphatic carbocycles. The molecule has 0 N–H and O–H groups in total. The van der Waals surface area contributed by atoms with Gasteiger partial charge in [-0.05, 0) is 45.1 Å². The van der Waals surface area contributed by atoms with E-state index in [4.69, 9.17) is 0 Å². The molecule has 5 atom stereocenters. The Morgan fingerprint density at radius 1 is 1.12 bits per heavy atom. The Morgan fingerprint density at radius 3 is 2.28 bits per heavy atom. The van der Waals surface area contributed by atoms with Crippen LogP contribution in [0.2, 0.25) is 0 Å². The predicted molar refractivity (Wildman–Crippen MR) is 104 cm³/mol. The molecule has 2 heterocycles. The standard InChI is InChI=1S/C23H33NO/c1-7-21-23(8-2)17(4)16(3)22(6,20(15-25)18(23)5)24(21)14-19-12-10-9-11-13-19/h9-13,15,18,20-21H,7-8,14H2,1-6H3/t18-,20-,21+,22-,23+/m0/s1. The fourth-order valence-electron chi connectivity index (χ4n) is 6.40. The van der Waals surface area contributed by atoms with Crippen molar-refractivity contribution in [3.05, 3.63) is 47.0 Å². The molecule has 1 aromatic carbocycles. The van der Waals surface area contributed by atoms with Gasteiger partial charge in [-0.1, -0.05) is 62.2 Å². The molecule has 3 aliphatic rings. The van der Waals surface area contributed by atoms with Crippen LogP contribution in [0.15, 0.2) is 41.5 Å². The first kappa shape index (κ1) is 18.4. The number of rotatable bonds is 5. The van der Waals surface area contributed by atoms with Gasteiger partial charge in [0.2, 0.25) is 0 Å². The van der Waals surface area contributed by atoms with Gasteiger partial charge in [0.25, 0.3) is 0 Å². The Balaban J connectivity index is 2.20. The number of hydrogen-bond donors (Lipinski definition) is 0. The number of nitrogens with zero attached hydrogens (tertiary/aromatic N) is 1. The van der Waals surface area contributed by atoms with Crippen molar-refractivity contribution in [2.24, 2.45) is 17.3 Å². The first-order chi connectivity index (χ1) is 11.9. The quantitative estimate of drug-likeness (QED) is 0.540. The van der Waals surface area contributed by atoms with Crippen LogP contribution in [0.5, 0.6) is 0 Å². The van der Waals surface area contributed by atoms with E-state index in [1.165, 1.54) is 17.4 Å². The van der Waals surface area contributed by atoms with Gasteiger partial charge in [0.15, 0.2) is 0 Å². The fraction of sp³-hybridized carbons (Fsp3) is 0.609. The van der Waals surface area contributed by atoms with Crippen molar-refractivity contribution in [2.75, 3.05) is 0 Å². The van der Waals surface area contributed by atoms with Crippen LogP contribution >= 0.6 is 0 Å². The third kappa shape index (κ3) is 2.23. The average molecular weight is 340 g/mol. The van der Waals surface area contributed by atoms with Crippen LogP contribution in [0.25, 0.3) is 0 Å². The summed E-state index contributed by atoms with van der Waals surface area (Å²) < 4.78 is 0. The minimum Gasteiger partial charge on any atom is -0.303 e. The summed E-state index contributed by atoms with van der Waals surface area (Å²) in [5.74, 6) is 0.448. The normalized spacial score (nSPS) is 38.2. The van der Waals surface area contributed by atoms with Gasteiger partial charge >= 0.3 is 0 Å². The van der Waals surface area contributed by atoms with Gasteiger partial charge in [0.1, 0.15) is 6.29 Å². The van der Waals surface area contributed by atoms with E-state index in [-0.39, 0.29) is 16.9 Å². The van der Waals surface area contributed by atoms with Crippen LogP contribution in [0.1, 0.15) is 59.9 Å². The summed E-state index contributed by atoms with van der Waals surface area (Å²) in [5, 5.41) is 0. The zero-order valence-corrected chi connectivity index (χ0v) is 16.7. The van der Waals surface area contributed by atoms with Gasteiger partial charge in [-0.25, -0.2) is 0 Å². The second-order valence-corrected chi connectivity index (χ2v) is 8.28. The van der Waals surface area contributed by atoms with Crippen molar-refractivity contribution in [3.8, 4) is 0 Å². The molecule has 2 aliphatic heterocycles. The average Bonchev–Trinajstić information content (AvgIpc) is 2.62. The van der Waals surface area contributed by atoms with E-state index in [1.54, 1.807) is 5.57 Å². The summed E-state index contributed by atoms with van der Waals surface area (Å²) in [7, 11) is 0. The molecule has 0 spiro atoms. The molecule has 0 amide bonds. The van der Waals surface area contributed by atoms with E-state index in [2.05, 4.69) is 76.8 Å². The molecule has 0 aromatic heterocycles. The summed E-state index contributed by atoms with van der Waals surface area (Å²) in [6.07, 6.45) is 3.47. The number of hydrogen-bond acceptors (Lipinski definition) is 2. The molecule has 25 heavy (non-hydrogen) atoms. The van der Waals surface area contributed by atoms with Crippen molar-refractivity contribution in [1.82, 2.24) is 4.90 Å². The van der Waals surface area contributed by atoms with Crippen LogP contribution in [0.4, 0.5) is 0 Å². The number of carbonyl (C=O) groups excluding carboxylic acids is 1. The van der Waals surface area contributed by atoms with Gasteiger partial charge in [-0.15, -0.1) is 0 Å². The first-order valence-electron chi connectivity index (χ1n) is 9.83. The van der Waals surface area contributed by atoms with E-state index in [1.807, 2.05) is 0 Å². The SMILES string of the molecule is CC[C@H]1N(Cc2ccccc2)[C@@]2(C)C(C)=C(C)[C@]1(CC)[C@@H](C)[C@@H]2C=O. The van der Waals surface area contributed by atoms with Crippen LogP contribution in [-0.2, 0) is 11.3 Å². The van der Waals surface area contributed by atoms with Crippen molar-refractivity contribution in [3.63, 3.8) is 0 Å². The zero-order chi connectivity index (χ0) is 18.4. The Kier molecular flexibility index (Phi) is 4.70. The third-order valence-corrected chi connectivity index (χ3v) is 7.90. The van der Waals surface area contributed by atoms with Gasteiger partial charge in [0.05, 0.1) is 0 Å². The summed E-state index contributed by atoms with van der Waals surface area (Å²) in [5.41, 5.74) is 4.23. The highest BCUT2D eigenvalue weighted by Crippen LogP contribution is 2.63. The van der Waals surface area contributed by atoms with Crippen molar-refractivity contribution < 1.29 is 4.79 Å². The lowest BCUT2D eigenvalue weighted by Crippen LogP contribution is -2.73. The van der Waals surface area contributed by atoms with Gasteiger partial charge in [-0.3, -0.25) is 4.90 Å². The maximum Gasteiger partial charge on any atom is 0.125 e. The summed E-state index contributed by atoms with van der Waals surface area (Å²) >= 11 is 0. The molecule has 2 nitrogen and oxygen atoms in total. The van der Waals surface area contributed by atoms with E-state index < -0.39 is 0 Å². The van der Waals surface area contributed by atoms with E-state index >= 15 is 0 Å². The largest absolute Gasteiger partial charge is 0.303 e. The van der Waals surface area contributed by atoms with E-state index in [0.29, 0.717) is 12.0 Å². The molecule has 2 heteroatoms. The number of fused-ring (bicyclic) bond motifs is 2. The van der Waals surface area contributed by atoms with Gasteiger partial charge in [-0.2, -0.15) is 0 Å². The molecule has 1 aromatic rings. The third-order valence-electron chi connectivity index (χ3n) is 7.90. The molecule has 0 radical (unpaired) electrons. The first-order valence-corrected chi connectivity index (χ1v) is 9.83. The molecule has 1 fully saturated rings. The molecule has 1 saturated heterocycles. The highest BCUT2D eigenvalue weighted by Gasteiger charge is 2.65. The van der Waals surface area contributed by atoms with Crippen molar-refractivity contribution in [1.29, 1.82) is 0 Å². The topological polar surface area (TPSA) is 20.3 Å². The van der Waals surface area contributed by atoms with Crippen molar-refractivity contribution >= 4 is 6.29 Å². The van der Waals surface area contributed by atoms with E-state index in [9.17, 15) is 4.79 Å². The lowest BCUT2D eigenvalue weighted by molar-refractivity contribution is -0.153. The lowest BCUT2D eigenvalue weighted by Gasteiger charge is -2.69. The number of aldehydes is 1. The fourth-order valence-corrected chi connectivity index (χ4v) is 6.40. The summed E-state index contributed by atoms with van der Waals surface area (Å²) in [6.45, 7) is 14.8. The number of piperidine rings is 1. The highest BCUT2D eigenvalue weighted by molar-refractivity contribution is 5.63. The van der Waals surface area contributed by atoms with Crippen LogP contribution in [0, 0.1) is 17.3 Å². The summed E-state index contributed by atoms with van der Waals surface area (Å²) in [6, 6.07) is 11.2. The Hall–Kier alpha value is -1.41. The number of carbonyl (C=O) groups is 1. The Morgan fingerprint density at radius 2 is 1.76 bits per heavy atom. The zero-order valence-electron chi connectivity index (χ0n) is 16.7. The van der Waals surface area contributed by atoms with Gasteiger partial charge < -0.3 is 4.79 Å². The molecule has 0 saturated carbocycles. The van der Waals surface area contributed by atoms with Crippen LogP contribution in [-0.4, -0.2) is 22.8 Å². The minimum absolute atomic E-state index is 0.0580. The van der Waals surface area contributed by atoms with Crippen molar-refractivity contribution in [2.45, 2.75) is 72.5 Å². The lowest BCUT2D eigenvalue weighted by atomic mass is 9.46. The molecule has 2 bridgehead atoms. The molecular formula is C23H33NO. The summed E-state index contributed by atoms with van der Waals surface area (Å²) in [4.78, 5) is 14.9. The second kappa shape index (κ2) is 6.39. The highest BCUT2D eigenvalue weighted by atomic mass is 16.1. The van der Waals surface area contributed by atoms with Crippen LogP contribution in [0.3, 0.4) is 0 Å². The predicted octanol–water partition coefficient (Wildman–Crippen LogP) is 5.24. The molecule has 136 valence electrons. The maximum atomic E-state index is 12.2. The minimum atomic E-state index is -0.182. The molecule has 4 rings (SSSR count). The maximum absolute atomic E-state index is 12.2. The molecular weight excluding hydrogens is 306 g/mol. The number of benzene rings is 1. The Bertz CT molecular complexity index is 679.